The molecular formula is C22H24N4O3. The van der Waals surface area contributed by atoms with Crippen LogP contribution in [-0.4, -0.2) is 61.2 Å². The fourth-order valence-electron chi connectivity index (χ4n) is 3.57. The van der Waals surface area contributed by atoms with E-state index in [0.29, 0.717) is 24.5 Å². The molecule has 4 rings (SSSR count). The van der Waals surface area contributed by atoms with Crippen LogP contribution in [0.3, 0.4) is 0 Å². The third-order valence-corrected chi connectivity index (χ3v) is 5.17. The number of amides is 1. The minimum Gasteiger partial charge on any atom is -0.497 e. The average molecular weight is 392 g/mol. The normalized spacial score (nSPS) is 14.0. The molecular weight excluding hydrogens is 368 g/mol. The molecule has 7 nitrogen and oxygen atoms in total. The van der Waals surface area contributed by atoms with E-state index in [2.05, 4.69) is 14.9 Å². The van der Waals surface area contributed by atoms with E-state index in [0.717, 1.165) is 35.8 Å². The van der Waals surface area contributed by atoms with Crippen molar-refractivity contribution in [3.63, 3.8) is 0 Å². The Balaban J connectivity index is 1.47. The molecule has 0 spiro atoms. The number of aromatic amines is 1. The number of methoxy groups -OCH3 is 2. The number of carbonyl (C=O) groups excluding carboxylic acids is 1. The van der Waals surface area contributed by atoms with Crippen molar-refractivity contribution in [2.75, 3.05) is 45.3 Å². The number of nitrogens with zero attached hydrogens (tertiary/aromatic N) is 3. The number of carbonyl (C=O) groups is 1. The molecule has 0 unspecified atom stereocenters. The number of anilines is 1. The van der Waals surface area contributed by atoms with Crippen molar-refractivity contribution in [2.24, 2.45) is 0 Å². The first-order chi connectivity index (χ1) is 14.2. The highest BCUT2D eigenvalue weighted by Crippen LogP contribution is 2.29. The first-order valence-electron chi connectivity index (χ1n) is 9.55. The molecule has 2 heterocycles. The van der Waals surface area contributed by atoms with Crippen molar-refractivity contribution >= 4 is 11.6 Å². The Morgan fingerprint density at radius 1 is 0.966 bits per heavy atom. The number of benzene rings is 2. The Morgan fingerprint density at radius 3 is 2.24 bits per heavy atom. The van der Waals surface area contributed by atoms with Crippen LogP contribution in [0.2, 0.25) is 0 Å². The average Bonchev–Trinajstić information content (AvgIpc) is 3.29. The number of hydrogen-bond acceptors (Lipinski definition) is 5. The summed E-state index contributed by atoms with van der Waals surface area (Å²) in [7, 11) is 3.29. The van der Waals surface area contributed by atoms with Crippen LogP contribution in [0.1, 0.15) is 10.5 Å². The van der Waals surface area contributed by atoms with Gasteiger partial charge in [-0.15, -0.1) is 0 Å². The van der Waals surface area contributed by atoms with Crippen LogP contribution in [-0.2, 0) is 0 Å². The van der Waals surface area contributed by atoms with Gasteiger partial charge in [0.2, 0.25) is 0 Å². The number of aromatic nitrogens is 2. The molecule has 1 N–H and O–H groups in total. The molecule has 7 heteroatoms. The summed E-state index contributed by atoms with van der Waals surface area (Å²) in [5, 5.41) is 0. The van der Waals surface area contributed by atoms with Gasteiger partial charge in [-0.05, 0) is 0 Å². The minimum atomic E-state index is -0.0239. The van der Waals surface area contributed by atoms with E-state index in [-0.39, 0.29) is 5.91 Å². The zero-order chi connectivity index (χ0) is 20.2. The van der Waals surface area contributed by atoms with Crippen LogP contribution in [0.15, 0.2) is 54.9 Å². The van der Waals surface area contributed by atoms with Crippen molar-refractivity contribution in [2.45, 2.75) is 0 Å². The van der Waals surface area contributed by atoms with Crippen LogP contribution < -0.4 is 14.4 Å². The molecule has 1 fully saturated rings. The van der Waals surface area contributed by atoms with Crippen molar-refractivity contribution in [1.29, 1.82) is 0 Å². The summed E-state index contributed by atoms with van der Waals surface area (Å²) in [6, 6.07) is 15.6. The molecule has 1 amide bonds. The van der Waals surface area contributed by atoms with Gasteiger partial charge in [-0.2, -0.15) is 0 Å². The third kappa shape index (κ3) is 3.89. The van der Waals surface area contributed by atoms with Gasteiger partial charge in [0.05, 0.1) is 20.5 Å². The second-order valence-electron chi connectivity index (χ2n) is 6.84. The summed E-state index contributed by atoms with van der Waals surface area (Å²) < 4.78 is 10.7. The van der Waals surface area contributed by atoms with Gasteiger partial charge in [0.15, 0.2) is 0 Å². The number of nitrogens with one attached hydrogen (secondary N) is 1. The number of hydrogen-bond donors (Lipinski definition) is 1. The molecule has 1 aliphatic heterocycles. The number of H-pyrrole nitrogens is 1. The summed E-state index contributed by atoms with van der Waals surface area (Å²) in [6.07, 6.45) is 1.58. The topological polar surface area (TPSA) is 70.7 Å². The molecule has 0 bridgehead atoms. The molecule has 1 saturated heterocycles. The number of imidazole rings is 1. The van der Waals surface area contributed by atoms with Gasteiger partial charge in [0, 0.05) is 55.6 Å². The van der Waals surface area contributed by atoms with E-state index in [4.69, 9.17) is 9.47 Å². The van der Waals surface area contributed by atoms with Crippen molar-refractivity contribution in [1.82, 2.24) is 14.9 Å². The monoisotopic (exact) mass is 392 g/mol. The van der Waals surface area contributed by atoms with Crippen LogP contribution in [0.25, 0.3) is 11.3 Å². The van der Waals surface area contributed by atoms with Gasteiger partial charge < -0.3 is 24.3 Å². The quantitative estimate of drug-likeness (QED) is 0.723. The molecule has 0 saturated carbocycles. The summed E-state index contributed by atoms with van der Waals surface area (Å²) >= 11 is 0. The van der Waals surface area contributed by atoms with E-state index in [1.54, 1.807) is 20.5 Å². The Bertz CT molecular complexity index is 956. The van der Waals surface area contributed by atoms with Crippen LogP contribution in [0, 0.1) is 0 Å². The smallest absolute Gasteiger partial charge is 0.272 e. The van der Waals surface area contributed by atoms with Crippen molar-refractivity contribution in [3.05, 3.63) is 60.6 Å². The zero-order valence-corrected chi connectivity index (χ0v) is 16.6. The van der Waals surface area contributed by atoms with E-state index >= 15 is 0 Å². The zero-order valence-electron chi connectivity index (χ0n) is 16.6. The second kappa shape index (κ2) is 8.26. The van der Waals surface area contributed by atoms with Crippen LogP contribution in [0.4, 0.5) is 5.69 Å². The van der Waals surface area contributed by atoms with E-state index in [1.165, 1.54) is 0 Å². The number of piperazine rings is 1. The number of rotatable bonds is 5. The molecule has 0 atom stereocenters. The Kier molecular flexibility index (Phi) is 5.37. The lowest BCUT2D eigenvalue weighted by atomic mass is 10.1. The lowest BCUT2D eigenvalue weighted by Crippen LogP contribution is -2.49. The van der Waals surface area contributed by atoms with Gasteiger partial charge in [-0.25, -0.2) is 4.98 Å². The van der Waals surface area contributed by atoms with Gasteiger partial charge in [-0.1, -0.05) is 30.3 Å². The van der Waals surface area contributed by atoms with Crippen LogP contribution in [0.5, 0.6) is 11.5 Å². The fraction of sp³-hybridized carbons (Fsp3) is 0.273. The summed E-state index contributed by atoms with van der Waals surface area (Å²) in [5.74, 6) is 1.48. The predicted octanol–water partition coefficient (Wildman–Crippen LogP) is 3.06. The summed E-state index contributed by atoms with van der Waals surface area (Å²) in [6.45, 7) is 2.73. The molecule has 29 heavy (non-hydrogen) atoms. The van der Waals surface area contributed by atoms with Crippen molar-refractivity contribution < 1.29 is 14.3 Å². The van der Waals surface area contributed by atoms with Crippen molar-refractivity contribution in [3.8, 4) is 22.8 Å². The molecule has 150 valence electrons. The lowest BCUT2D eigenvalue weighted by Gasteiger charge is -2.36. The molecule has 3 aromatic rings. The highest BCUT2D eigenvalue weighted by Gasteiger charge is 2.26. The predicted molar refractivity (Wildman–Crippen MR) is 112 cm³/mol. The minimum absolute atomic E-state index is 0.0239. The van der Waals surface area contributed by atoms with Crippen LogP contribution >= 0.6 is 0 Å². The van der Waals surface area contributed by atoms with Gasteiger partial charge in [-0.3, -0.25) is 4.79 Å². The Labute approximate surface area is 169 Å². The first kappa shape index (κ1) is 18.9. The van der Waals surface area contributed by atoms with Gasteiger partial charge in [0.1, 0.15) is 22.9 Å². The molecule has 1 aliphatic rings. The summed E-state index contributed by atoms with van der Waals surface area (Å²) in [4.78, 5) is 24.6. The molecule has 1 aromatic heterocycles. The Morgan fingerprint density at radius 2 is 1.62 bits per heavy atom. The molecule has 2 aromatic carbocycles. The second-order valence-corrected chi connectivity index (χ2v) is 6.84. The highest BCUT2D eigenvalue weighted by atomic mass is 16.5. The summed E-state index contributed by atoms with van der Waals surface area (Å²) in [5.41, 5.74) is 3.18. The maximum absolute atomic E-state index is 13.1. The fourth-order valence-corrected chi connectivity index (χ4v) is 3.57. The van der Waals surface area contributed by atoms with E-state index < -0.39 is 0 Å². The molecule has 0 radical (unpaired) electrons. The largest absolute Gasteiger partial charge is 0.497 e. The first-order valence-corrected chi connectivity index (χ1v) is 9.55. The van der Waals surface area contributed by atoms with Gasteiger partial charge in [0.25, 0.3) is 5.91 Å². The highest BCUT2D eigenvalue weighted by molar-refractivity contribution is 5.98. The van der Waals surface area contributed by atoms with E-state index in [9.17, 15) is 4.79 Å². The maximum atomic E-state index is 13.1. The lowest BCUT2D eigenvalue weighted by molar-refractivity contribution is 0.0742. The third-order valence-electron chi connectivity index (χ3n) is 5.17. The van der Waals surface area contributed by atoms with E-state index in [1.807, 2.05) is 53.4 Å². The molecule has 0 aliphatic carbocycles. The number of ether oxygens (including phenoxy) is 2. The van der Waals surface area contributed by atoms with Gasteiger partial charge >= 0.3 is 0 Å². The Hall–Kier alpha value is -3.48. The SMILES string of the molecule is COc1cc(OC)cc(N2CCN(C(=O)c3[nH]cnc3-c3ccccc3)CC2)c1. The maximum Gasteiger partial charge on any atom is 0.272 e. The standard InChI is InChI=1S/C22H24N4O3/c1-28-18-12-17(13-19(14-18)29-2)25-8-10-26(11-9-25)22(27)21-20(23-15-24-21)16-6-4-3-5-7-16/h3-7,12-15H,8-11H2,1-2H3,(H,23,24).